The van der Waals surface area contributed by atoms with Gasteiger partial charge in [-0.05, 0) is 50.1 Å². The second-order valence-electron chi connectivity index (χ2n) is 6.88. The summed E-state index contributed by atoms with van der Waals surface area (Å²) in [5.41, 5.74) is 0.708. The first-order chi connectivity index (χ1) is 12.0. The maximum absolute atomic E-state index is 12.2. The van der Waals surface area contributed by atoms with Crippen molar-refractivity contribution in [1.82, 2.24) is 10.2 Å². The third kappa shape index (κ3) is 6.38. The highest BCUT2D eigenvalue weighted by atomic mass is 16.5. The first-order valence-corrected chi connectivity index (χ1v) is 8.89. The lowest BCUT2D eigenvalue weighted by Crippen LogP contribution is -2.46. The summed E-state index contributed by atoms with van der Waals surface area (Å²) < 4.78 is 5.09. The second kappa shape index (κ2) is 9.42. The average molecular weight is 347 g/mol. The van der Waals surface area contributed by atoms with E-state index in [4.69, 9.17) is 4.74 Å². The van der Waals surface area contributed by atoms with Crippen LogP contribution in [-0.2, 0) is 9.59 Å². The van der Waals surface area contributed by atoms with Crippen molar-refractivity contribution >= 4 is 17.5 Å². The Morgan fingerprint density at radius 2 is 1.76 bits per heavy atom. The van der Waals surface area contributed by atoms with Crippen molar-refractivity contribution in [2.24, 2.45) is 5.92 Å². The predicted molar refractivity (Wildman–Crippen MR) is 98.7 cm³/mol. The van der Waals surface area contributed by atoms with E-state index in [1.807, 2.05) is 0 Å². The Morgan fingerprint density at radius 3 is 2.40 bits per heavy atom. The minimum Gasteiger partial charge on any atom is -0.497 e. The molecule has 1 saturated carbocycles. The number of hydrogen-bond donors (Lipinski definition) is 2. The van der Waals surface area contributed by atoms with Gasteiger partial charge in [0.2, 0.25) is 11.8 Å². The van der Waals surface area contributed by atoms with E-state index in [-0.39, 0.29) is 30.9 Å². The Kier molecular flexibility index (Phi) is 7.25. The first-order valence-electron chi connectivity index (χ1n) is 8.89. The molecule has 1 aliphatic rings. The number of ether oxygens (including phenoxy) is 1. The minimum atomic E-state index is -0.147. The van der Waals surface area contributed by atoms with Crippen LogP contribution in [-0.4, -0.2) is 50.0 Å². The molecule has 2 amide bonds. The summed E-state index contributed by atoms with van der Waals surface area (Å²) >= 11 is 0. The molecule has 1 fully saturated rings. The largest absolute Gasteiger partial charge is 0.497 e. The molecule has 0 aliphatic heterocycles. The summed E-state index contributed by atoms with van der Waals surface area (Å²) in [5, 5.41) is 5.93. The van der Waals surface area contributed by atoms with Crippen LogP contribution in [0.3, 0.4) is 0 Å². The standard InChI is InChI=1S/C19H29N3O3/c1-14-6-4-5-7-17(14)21-19(24)13-22(2)12-18(23)20-15-8-10-16(25-3)11-9-15/h8-11,14,17H,4-7,12-13H2,1-3H3,(H,20,23)(H,21,24)/t14-,17-/m1/s1. The van der Waals surface area contributed by atoms with Gasteiger partial charge in [-0.3, -0.25) is 14.5 Å². The highest BCUT2D eigenvalue weighted by Crippen LogP contribution is 2.23. The van der Waals surface area contributed by atoms with Crippen molar-refractivity contribution in [2.45, 2.75) is 38.6 Å². The molecule has 2 atom stereocenters. The number of nitrogens with one attached hydrogen (secondary N) is 2. The van der Waals surface area contributed by atoms with Crippen LogP contribution in [0.4, 0.5) is 5.69 Å². The highest BCUT2D eigenvalue weighted by molar-refractivity contribution is 5.92. The van der Waals surface area contributed by atoms with Gasteiger partial charge in [-0.2, -0.15) is 0 Å². The molecule has 0 bridgehead atoms. The summed E-state index contributed by atoms with van der Waals surface area (Å²) in [5.74, 6) is 1.11. The van der Waals surface area contributed by atoms with Gasteiger partial charge in [-0.1, -0.05) is 19.8 Å². The van der Waals surface area contributed by atoms with E-state index in [1.54, 1.807) is 43.3 Å². The number of anilines is 1. The van der Waals surface area contributed by atoms with Gasteiger partial charge in [-0.15, -0.1) is 0 Å². The van der Waals surface area contributed by atoms with Gasteiger partial charge in [0.05, 0.1) is 20.2 Å². The van der Waals surface area contributed by atoms with Crippen LogP contribution in [0.25, 0.3) is 0 Å². The van der Waals surface area contributed by atoms with Crippen LogP contribution in [0.15, 0.2) is 24.3 Å². The molecule has 0 heterocycles. The van der Waals surface area contributed by atoms with Crippen molar-refractivity contribution < 1.29 is 14.3 Å². The maximum atomic E-state index is 12.2. The van der Waals surface area contributed by atoms with E-state index >= 15 is 0 Å². The molecule has 2 rings (SSSR count). The fraction of sp³-hybridized carbons (Fsp3) is 0.579. The van der Waals surface area contributed by atoms with Gasteiger partial charge >= 0.3 is 0 Å². The minimum absolute atomic E-state index is 0.0153. The zero-order valence-corrected chi connectivity index (χ0v) is 15.4. The van der Waals surface area contributed by atoms with E-state index in [1.165, 1.54) is 19.3 Å². The topological polar surface area (TPSA) is 70.7 Å². The molecule has 6 heteroatoms. The fourth-order valence-electron chi connectivity index (χ4n) is 3.20. The number of carbonyl (C=O) groups excluding carboxylic acids is 2. The number of methoxy groups -OCH3 is 1. The lowest BCUT2D eigenvalue weighted by molar-refractivity contribution is -0.124. The van der Waals surface area contributed by atoms with Crippen molar-refractivity contribution in [3.05, 3.63) is 24.3 Å². The van der Waals surface area contributed by atoms with Crippen LogP contribution < -0.4 is 15.4 Å². The summed E-state index contributed by atoms with van der Waals surface area (Å²) in [4.78, 5) is 26.0. The average Bonchev–Trinajstić information content (AvgIpc) is 2.57. The summed E-state index contributed by atoms with van der Waals surface area (Å²) in [6.07, 6.45) is 4.65. The number of rotatable bonds is 7. The summed E-state index contributed by atoms with van der Waals surface area (Å²) in [6, 6.07) is 7.42. The Bertz CT molecular complexity index is 574. The number of likely N-dealkylation sites (N-methyl/N-ethyl adjacent to an activating group) is 1. The van der Waals surface area contributed by atoms with Crippen LogP contribution in [0.2, 0.25) is 0 Å². The quantitative estimate of drug-likeness (QED) is 0.794. The van der Waals surface area contributed by atoms with Gasteiger partial charge < -0.3 is 15.4 Å². The fourth-order valence-corrected chi connectivity index (χ4v) is 3.20. The van der Waals surface area contributed by atoms with Crippen molar-refractivity contribution in [3.8, 4) is 5.75 Å². The molecule has 1 aliphatic carbocycles. The Morgan fingerprint density at radius 1 is 1.12 bits per heavy atom. The molecular formula is C19H29N3O3. The molecule has 1 aromatic carbocycles. The number of hydrogen-bond acceptors (Lipinski definition) is 4. The number of amides is 2. The maximum Gasteiger partial charge on any atom is 0.238 e. The van der Waals surface area contributed by atoms with Gasteiger partial charge in [-0.25, -0.2) is 0 Å². The molecule has 0 saturated heterocycles. The molecule has 0 radical (unpaired) electrons. The Hall–Kier alpha value is -2.08. The van der Waals surface area contributed by atoms with Gasteiger partial charge in [0, 0.05) is 11.7 Å². The van der Waals surface area contributed by atoms with E-state index in [2.05, 4.69) is 17.6 Å². The van der Waals surface area contributed by atoms with Crippen LogP contribution >= 0.6 is 0 Å². The van der Waals surface area contributed by atoms with Crippen molar-refractivity contribution in [1.29, 1.82) is 0 Å². The summed E-state index contributed by atoms with van der Waals surface area (Å²) in [6.45, 7) is 2.58. The smallest absolute Gasteiger partial charge is 0.238 e. The molecule has 0 aromatic heterocycles. The number of benzene rings is 1. The Labute approximate surface area is 149 Å². The molecule has 6 nitrogen and oxygen atoms in total. The SMILES string of the molecule is COc1ccc(NC(=O)CN(C)CC(=O)N[C@@H]2CCCC[C@H]2C)cc1. The van der Waals surface area contributed by atoms with Gasteiger partial charge in [0.15, 0.2) is 0 Å². The van der Waals surface area contributed by atoms with Crippen molar-refractivity contribution in [2.75, 3.05) is 32.6 Å². The molecule has 0 unspecified atom stereocenters. The third-order valence-electron chi connectivity index (χ3n) is 4.66. The zero-order valence-electron chi connectivity index (χ0n) is 15.4. The number of carbonyl (C=O) groups is 2. The molecular weight excluding hydrogens is 318 g/mol. The van der Waals surface area contributed by atoms with E-state index in [0.717, 1.165) is 12.2 Å². The van der Waals surface area contributed by atoms with Gasteiger partial charge in [0.1, 0.15) is 5.75 Å². The predicted octanol–water partition coefficient (Wildman–Crippen LogP) is 2.26. The summed E-state index contributed by atoms with van der Waals surface area (Å²) in [7, 11) is 3.37. The molecule has 1 aromatic rings. The molecule has 2 N–H and O–H groups in total. The lowest BCUT2D eigenvalue weighted by atomic mass is 9.86. The van der Waals surface area contributed by atoms with Crippen molar-refractivity contribution in [3.63, 3.8) is 0 Å². The molecule has 25 heavy (non-hydrogen) atoms. The number of nitrogens with zero attached hydrogens (tertiary/aromatic N) is 1. The van der Waals surface area contributed by atoms with Gasteiger partial charge in [0.25, 0.3) is 0 Å². The van der Waals surface area contributed by atoms with E-state index < -0.39 is 0 Å². The lowest BCUT2D eigenvalue weighted by Gasteiger charge is -2.30. The monoisotopic (exact) mass is 347 g/mol. The van der Waals surface area contributed by atoms with E-state index in [9.17, 15) is 9.59 Å². The zero-order chi connectivity index (χ0) is 18.2. The third-order valence-corrected chi connectivity index (χ3v) is 4.66. The normalized spacial score (nSPS) is 20.2. The second-order valence-corrected chi connectivity index (χ2v) is 6.88. The molecule has 0 spiro atoms. The Balaban J connectivity index is 1.73. The first kappa shape index (κ1) is 19.2. The molecule has 138 valence electrons. The van der Waals surface area contributed by atoms with E-state index in [0.29, 0.717) is 11.6 Å². The van der Waals surface area contributed by atoms with Crippen LogP contribution in [0.5, 0.6) is 5.75 Å². The highest BCUT2D eigenvalue weighted by Gasteiger charge is 2.23. The van der Waals surface area contributed by atoms with Crippen LogP contribution in [0.1, 0.15) is 32.6 Å². The van der Waals surface area contributed by atoms with Crippen LogP contribution in [0, 0.1) is 5.92 Å².